The molecule has 1 saturated carbocycles. The van der Waals surface area contributed by atoms with Gasteiger partial charge >= 0.3 is 0 Å². The average Bonchev–Trinajstić information content (AvgIpc) is 2.51. The fourth-order valence-corrected chi connectivity index (χ4v) is 3.19. The Hall–Kier alpha value is -1.56. The number of nitrogens with zero attached hydrogens (tertiary/aromatic N) is 1. The summed E-state index contributed by atoms with van der Waals surface area (Å²) < 4.78 is 45.7. The van der Waals surface area contributed by atoms with Crippen LogP contribution in [0.25, 0.3) is 0 Å². The van der Waals surface area contributed by atoms with E-state index in [0.29, 0.717) is 13.2 Å². The maximum absolute atomic E-state index is 13.8. The lowest BCUT2D eigenvalue weighted by Crippen LogP contribution is -2.55. The van der Waals surface area contributed by atoms with Crippen LogP contribution in [-0.4, -0.2) is 36.1 Å². The zero-order valence-corrected chi connectivity index (χ0v) is 11.4. The average molecular weight is 299 g/mol. The zero-order valence-electron chi connectivity index (χ0n) is 11.4. The summed E-state index contributed by atoms with van der Waals surface area (Å²) in [5, 5.41) is 0. The SMILES string of the molecule is O=C(c1ccc(F)c(F)c1F)N1CCOC2CCCCC21. The van der Waals surface area contributed by atoms with Crippen molar-refractivity contribution in [1.29, 1.82) is 0 Å². The highest BCUT2D eigenvalue weighted by Crippen LogP contribution is 2.30. The van der Waals surface area contributed by atoms with Crippen LogP contribution in [0.1, 0.15) is 36.0 Å². The van der Waals surface area contributed by atoms with Crippen LogP contribution in [0.5, 0.6) is 0 Å². The van der Waals surface area contributed by atoms with Gasteiger partial charge in [0.1, 0.15) is 0 Å². The summed E-state index contributed by atoms with van der Waals surface area (Å²) in [5.41, 5.74) is -0.417. The van der Waals surface area contributed by atoms with Gasteiger partial charge in [-0.1, -0.05) is 12.8 Å². The van der Waals surface area contributed by atoms with Crippen LogP contribution < -0.4 is 0 Å². The number of hydrogen-bond donors (Lipinski definition) is 0. The third-order valence-corrected chi connectivity index (χ3v) is 4.26. The number of hydrogen-bond acceptors (Lipinski definition) is 2. The minimum atomic E-state index is -1.60. The Bertz CT molecular complexity index is 562. The summed E-state index contributed by atoms with van der Waals surface area (Å²) in [6.45, 7) is 0.733. The van der Waals surface area contributed by atoms with Crippen molar-refractivity contribution in [3.8, 4) is 0 Å². The number of rotatable bonds is 1. The van der Waals surface area contributed by atoms with Gasteiger partial charge in [-0.2, -0.15) is 0 Å². The van der Waals surface area contributed by atoms with Crippen LogP contribution in [0.3, 0.4) is 0 Å². The molecule has 2 unspecified atom stereocenters. The molecule has 1 amide bonds. The molecule has 1 saturated heterocycles. The fraction of sp³-hybridized carbons (Fsp3) is 0.533. The van der Waals surface area contributed by atoms with Crippen molar-refractivity contribution in [3.05, 3.63) is 35.1 Å². The van der Waals surface area contributed by atoms with E-state index in [1.807, 2.05) is 0 Å². The van der Waals surface area contributed by atoms with Crippen molar-refractivity contribution in [3.63, 3.8) is 0 Å². The van der Waals surface area contributed by atoms with Gasteiger partial charge in [0.25, 0.3) is 5.91 Å². The van der Waals surface area contributed by atoms with Crippen molar-refractivity contribution in [2.24, 2.45) is 0 Å². The monoisotopic (exact) mass is 299 g/mol. The highest BCUT2D eigenvalue weighted by molar-refractivity contribution is 5.94. The van der Waals surface area contributed by atoms with Crippen molar-refractivity contribution in [2.75, 3.05) is 13.2 Å². The maximum atomic E-state index is 13.8. The number of benzene rings is 1. The molecular weight excluding hydrogens is 283 g/mol. The highest BCUT2D eigenvalue weighted by atomic mass is 19.2. The molecule has 2 aliphatic rings. The standard InChI is InChI=1S/C15H16F3NO2/c16-10-6-5-9(13(17)14(10)18)15(20)19-7-8-21-12-4-2-1-3-11(12)19/h5-6,11-12H,1-4,7-8H2. The molecule has 3 rings (SSSR count). The molecule has 0 N–H and O–H groups in total. The van der Waals surface area contributed by atoms with Crippen LogP contribution in [0, 0.1) is 17.5 Å². The summed E-state index contributed by atoms with van der Waals surface area (Å²) in [6, 6.07) is 1.68. The van der Waals surface area contributed by atoms with Gasteiger partial charge in [0.05, 0.1) is 24.3 Å². The van der Waals surface area contributed by atoms with Crippen LogP contribution in [0.4, 0.5) is 13.2 Å². The Morgan fingerprint density at radius 2 is 1.90 bits per heavy atom. The Balaban J connectivity index is 1.89. The second-order valence-corrected chi connectivity index (χ2v) is 5.48. The van der Waals surface area contributed by atoms with E-state index in [1.165, 1.54) is 0 Å². The van der Waals surface area contributed by atoms with Crippen LogP contribution >= 0.6 is 0 Å². The molecule has 1 heterocycles. The summed E-state index contributed by atoms with van der Waals surface area (Å²) in [6.07, 6.45) is 3.65. The lowest BCUT2D eigenvalue weighted by Gasteiger charge is -2.43. The van der Waals surface area contributed by atoms with Gasteiger partial charge in [-0.25, -0.2) is 13.2 Å². The normalized spacial score (nSPS) is 25.6. The van der Waals surface area contributed by atoms with Crippen LogP contribution in [0.15, 0.2) is 12.1 Å². The first-order valence-electron chi connectivity index (χ1n) is 7.15. The molecule has 2 atom stereocenters. The molecule has 0 spiro atoms. The van der Waals surface area contributed by atoms with Gasteiger partial charge in [0, 0.05) is 6.54 Å². The molecule has 0 bridgehead atoms. The molecule has 21 heavy (non-hydrogen) atoms. The molecule has 1 aromatic carbocycles. The largest absolute Gasteiger partial charge is 0.374 e. The summed E-state index contributed by atoms with van der Waals surface area (Å²) in [4.78, 5) is 14.0. The summed E-state index contributed by atoms with van der Waals surface area (Å²) in [7, 11) is 0. The maximum Gasteiger partial charge on any atom is 0.257 e. The third kappa shape index (κ3) is 2.52. The molecule has 0 radical (unpaired) electrons. The second kappa shape index (κ2) is 5.67. The van der Waals surface area contributed by atoms with Gasteiger partial charge in [0.15, 0.2) is 17.5 Å². The molecule has 1 aliphatic heterocycles. The zero-order chi connectivity index (χ0) is 15.0. The molecule has 2 fully saturated rings. The van der Waals surface area contributed by atoms with Gasteiger partial charge in [-0.3, -0.25) is 4.79 Å². The van der Waals surface area contributed by atoms with Crippen LogP contribution in [0.2, 0.25) is 0 Å². The Kier molecular flexibility index (Phi) is 3.89. The predicted molar refractivity (Wildman–Crippen MR) is 69.3 cm³/mol. The molecular formula is C15H16F3NO2. The number of carbonyl (C=O) groups is 1. The van der Waals surface area contributed by atoms with Gasteiger partial charge in [-0.15, -0.1) is 0 Å². The summed E-state index contributed by atoms with van der Waals surface area (Å²) >= 11 is 0. The number of amides is 1. The number of carbonyl (C=O) groups excluding carboxylic acids is 1. The van der Waals surface area contributed by atoms with E-state index >= 15 is 0 Å². The molecule has 1 aromatic rings. The Morgan fingerprint density at radius 3 is 2.71 bits per heavy atom. The number of fused-ring (bicyclic) bond motifs is 1. The van der Waals surface area contributed by atoms with Crippen molar-refractivity contribution < 1.29 is 22.7 Å². The number of ether oxygens (including phenoxy) is 1. The molecule has 6 heteroatoms. The van der Waals surface area contributed by atoms with E-state index in [2.05, 4.69) is 0 Å². The topological polar surface area (TPSA) is 29.5 Å². The number of halogens is 3. The Labute approximate surface area is 120 Å². The fourth-order valence-electron chi connectivity index (χ4n) is 3.19. The molecule has 1 aliphatic carbocycles. The van der Waals surface area contributed by atoms with Crippen LogP contribution in [-0.2, 0) is 4.74 Å². The van der Waals surface area contributed by atoms with E-state index in [-0.39, 0.29) is 12.1 Å². The minimum absolute atomic E-state index is 0.0372. The highest BCUT2D eigenvalue weighted by Gasteiger charge is 2.38. The first-order valence-corrected chi connectivity index (χ1v) is 7.15. The molecule has 114 valence electrons. The van der Waals surface area contributed by atoms with E-state index < -0.39 is 28.9 Å². The predicted octanol–water partition coefficient (Wildman–Crippen LogP) is 2.89. The van der Waals surface area contributed by atoms with E-state index in [0.717, 1.165) is 37.8 Å². The smallest absolute Gasteiger partial charge is 0.257 e. The van der Waals surface area contributed by atoms with Crippen molar-refractivity contribution in [1.82, 2.24) is 4.90 Å². The molecule has 3 nitrogen and oxygen atoms in total. The minimum Gasteiger partial charge on any atom is -0.374 e. The third-order valence-electron chi connectivity index (χ3n) is 4.26. The first kappa shape index (κ1) is 14.4. The quantitative estimate of drug-likeness (QED) is 0.746. The Morgan fingerprint density at radius 1 is 1.14 bits per heavy atom. The van der Waals surface area contributed by atoms with Gasteiger partial charge in [0.2, 0.25) is 0 Å². The van der Waals surface area contributed by atoms with E-state index in [4.69, 9.17) is 4.74 Å². The molecule has 0 aromatic heterocycles. The lowest BCUT2D eigenvalue weighted by atomic mass is 9.89. The first-order chi connectivity index (χ1) is 10.1. The van der Waals surface area contributed by atoms with E-state index in [9.17, 15) is 18.0 Å². The number of morpholine rings is 1. The van der Waals surface area contributed by atoms with Crippen molar-refractivity contribution in [2.45, 2.75) is 37.8 Å². The second-order valence-electron chi connectivity index (χ2n) is 5.48. The van der Waals surface area contributed by atoms with E-state index in [1.54, 1.807) is 4.90 Å². The van der Waals surface area contributed by atoms with Crippen molar-refractivity contribution >= 4 is 5.91 Å². The van der Waals surface area contributed by atoms with Gasteiger partial charge in [-0.05, 0) is 25.0 Å². The summed E-state index contributed by atoms with van der Waals surface area (Å²) in [5.74, 6) is -4.90. The lowest BCUT2D eigenvalue weighted by molar-refractivity contribution is -0.0754. The van der Waals surface area contributed by atoms with Gasteiger partial charge < -0.3 is 9.64 Å².